The molecule has 0 saturated heterocycles. The van der Waals surface area contributed by atoms with Crippen molar-refractivity contribution in [2.75, 3.05) is 6.54 Å². The molecule has 0 rings (SSSR count). The number of hydrogen-bond donors (Lipinski definition) is 2. The van der Waals surface area contributed by atoms with Crippen LogP contribution in [0.1, 0.15) is 27.2 Å². The molecule has 0 aliphatic heterocycles. The molecule has 3 nitrogen and oxygen atoms in total. The Morgan fingerprint density at radius 3 is 2.54 bits per heavy atom. The van der Waals surface area contributed by atoms with E-state index in [2.05, 4.69) is 17.2 Å². The smallest absolute Gasteiger partial charge is 0.320 e. The summed E-state index contributed by atoms with van der Waals surface area (Å²) in [4.78, 5) is 10.7. The molecule has 0 aliphatic carbocycles. The Morgan fingerprint density at radius 1 is 1.54 bits per heavy atom. The third-order valence-corrected chi connectivity index (χ3v) is 1.62. The van der Waals surface area contributed by atoms with Crippen LogP contribution >= 0.6 is 0 Å². The molecule has 0 heterocycles. The zero-order chi connectivity index (χ0) is 10.3. The number of aliphatic carboxylic acids is 1. The van der Waals surface area contributed by atoms with E-state index in [1.54, 1.807) is 6.92 Å². The molecule has 0 fully saturated rings. The van der Waals surface area contributed by atoms with Gasteiger partial charge in [0.25, 0.3) is 0 Å². The highest BCUT2D eigenvalue weighted by Crippen LogP contribution is 2.04. The molecular formula is C10H17NO2. The Morgan fingerprint density at radius 2 is 2.15 bits per heavy atom. The molecule has 0 bridgehead atoms. The van der Waals surface area contributed by atoms with E-state index in [0.717, 1.165) is 0 Å². The summed E-state index contributed by atoms with van der Waals surface area (Å²) in [5.41, 5.74) is 0. The van der Waals surface area contributed by atoms with Crippen LogP contribution < -0.4 is 5.32 Å². The van der Waals surface area contributed by atoms with E-state index in [4.69, 9.17) is 5.11 Å². The van der Waals surface area contributed by atoms with Crippen LogP contribution in [-0.2, 0) is 4.79 Å². The molecule has 0 amide bonds. The Kier molecular flexibility index (Phi) is 5.99. The van der Waals surface area contributed by atoms with Gasteiger partial charge in [-0.2, -0.15) is 0 Å². The number of hydrogen-bond acceptors (Lipinski definition) is 2. The van der Waals surface area contributed by atoms with Crippen LogP contribution in [-0.4, -0.2) is 23.7 Å². The standard InChI is InChI=1S/C10H17NO2/c1-4-5-6-11-9(10(12)13)7-8(2)3/h8-9,11H,6-7H2,1-3H3,(H,12,13). The molecule has 0 aliphatic rings. The van der Waals surface area contributed by atoms with Crippen molar-refractivity contribution >= 4 is 5.97 Å². The van der Waals surface area contributed by atoms with Crippen molar-refractivity contribution in [3.05, 3.63) is 0 Å². The van der Waals surface area contributed by atoms with Gasteiger partial charge in [-0.15, -0.1) is 5.92 Å². The Bertz CT molecular complexity index is 213. The van der Waals surface area contributed by atoms with Crippen LogP contribution in [0.25, 0.3) is 0 Å². The Balaban J connectivity index is 3.92. The van der Waals surface area contributed by atoms with Gasteiger partial charge >= 0.3 is 5.97 Å². The van der Waals surface area contributed by atoms with Crippen molar-refractivity contribution in [3.8, 4) is 11.8 Å². The van der Waals surface area contributed by atoms with Crippen LogP contribution in [0.2, 0.25) is 0 Å². The van der Waals surface area contributed by atoms with Crippen molar-refractivity contribution < 1.29 is 9.90 Å². The molecule has 2 N–H and O–H groups in total. The summed E-state index contributed by atoms with van der Waals surface area (Å²) in [5.74, 6) is 5.07. The lowest BCUT2D eigenvalue weighted by atomic mass is 10.0. The lowest BCUT2D eigenvalue weighted by molar-refractivity contribution is -0.139. The quantitative estimate of drug-likeness (QED) is 0.627. The van der Waals surface area contributed by atoms with E-state index in [-0.39, 0.29) is 0 Å². The highest BCUT2D eigenvalue weighted by Gasteiger charge is 2.16. The highest BCUT2D eigenvalue weighted by molar-refractivity contribution is 5.73. The summed E-state index contributed by atoms with van der Waals surface area (Å²) in [6.07, 6.45) is 0.640. The first-order chi connectivity index (χ1) is 6.07. The van der Waals surface area contributed by atoms with Crippen LogP contribution in [0.3, 0.4) is 0 Å². The second kappa shape index (κ2) is 6.50. The first kappa shape index (κ1) is 12.0. The maximum atomic E-state index is 10.7. The van der Waals surface area contributed by atoms with Gasteiger partial charge in [0, 0.05) is 0 Å². The number of rotatable bonds is 5. The predicted molar refractivity (Wildman–Crippen MR) is 52.3 cm³/mol. The zero-order valence-corrected chi connectivity index (χ0v) is 8.42. The molecule has 0 radical (unpaired) electrons. The maximum absolute atomic E-state index is 10.7. The van der Waals surface area contributed by atoms with Crippen LogP contribution in [0.5, 0.6) is 0 Å². The zero-order valence-electron chi connectivity index (χ0n) is 8.42. The third kappa shape index (κ3) is 6.18. The maximum Gasteiger partial charge on any atom is 0.320 e. The van der Waals surface area contributed by atoms with Crippen molar-refractivity contribution in [1.82, 2.24) is 5.32 Å². The van der Waals surface area contributed by atoms with Gasteiger partial charge in [-0.05, 0) is 19.3 Å². The average Bonchev–Trinajstić information content (AvgIpc) is 2.02. The topological polar surface area (TPSA) is 49.3 Å². The number of carboxylic acids is 1. The molecule has 1 atom stereocenters. The normalized spacial score (nSPS) is 12.0. The van der Waals surface area contributed by atoms with Crippen LogP contribution in [0, 0.1) is 17.8 Å². The predicted octanol–water partition coefficient (Wildman–Crippen LogP) is 1.10. The number of carboxylic acid groups (broad SMARTS) is 1. The summed E-state index contributed by atoms with van der Waals surface area (Å²) in [6, 6.07) is -0.471. The van der Waals surface area contributed by atoms with Crippen LogP contribution in [0.15, 0.2) is 0 Å². The monoisotopic (exact) mass is 183 g/mol. The highest BCUT2D eigenvalue weighted by atomic mass is 16.4. The molecule has 74 valence electrons. The van der Waals surface area contributed by atoms with E-state index in [0.29, 0.717) is 18.9 Å². The Hall–Kier alpha value is -1.01. The van der Waals surface area contributed by atoms with E-state index in [1.807, 2.05) is 13.8 Å². The van der Waals surface area contributed by atoms with Gasteiger partial charge in [0.15, 0.2) is 0 Å². The van der Waals surface area contributed by atoms with Gasteiger partial charge in [-0.1, -0.05) is 19.8 Å². The largest absolute Gasteiger partial charge is 0.480 e. The van der Waals surface area contributed by atoms with Crippen molar-refractivity contribution in [2.24, 2.45) is 5.92 Å². The SMILES string of the molecule is CC#CCNC(CC(C)C)C(=O)O. The van der Waals surface area contributed by atoms with Gasteiger partial charge < -0.3 is 5.11 Å². The van der Waals surface area contributed by atoms with Crippen molar-refractivity contribution in [2.45, 2.75) is 33.2 Å². The fourth-order valence-corrected chi connectivity index (χ4v) is 1.01. The van der Waals surface area contributed by atoms with Crippen molar-refractivity contribution in [3.63, 3.8) is 0 Å². The van der Waals surface area contributed by atoms with Gasteiger partial charge in [0.2, 0.25) is 0 Å². The summed E-state index contributed by atoms with van der Waals surface area (Å²) in [7, 11) is 0. The molecule has 0 aromatic rings. The molecular weight excluding hydrogens is 166 g/mol. The Labute approximate surface area is 79.5 Å². The minimum atomic E-state index is -0.799. The van der Waals surface area contributed by atoms with Gasteiger partial charge in [-0.3, -0.25) is 10.1 Å². The first-order valence-corrected chi connectivity index (χ1v) is 4.43. The third-order valence-electron chi connectivity index (χ3n) is 1.62. The second-order valence-electron chi connectivity index (χ2n) is 3.33. The average molecular weight is 183 g/mol. The van der Waals surface area contributed by atoms with E-state index >= 15 is 0 Å². The van der Waals surface area contributed by atoms with Gasteiger partial charge in [0.05, 0.1) is 6.54 Å². The molecule has 0 saturated carbocycles. The summed E-state index contributed by atoms with van der Waals surface area (Å²) in [5, 5.41) is 11.7. The summed E-state index contributed by atoms with van der Waals surface area (Å²) in [6.45, 7) is 6.19. The molecule has 1 unspecified atom stereocenters. The molecule has 0 aromatic carbocycles. The number of carbonyl (C=O) groups is 1. The molecule has 13 heavy (non-hydrogen) atoms. The fraction of sp³-hybridized carbons (Fsp3) is 0.700. The second-order valence-corrected chi connectivity index (χ2v) is 3.33. The lowest BCUT2D eigenvalue weighted by Crippen LogP contribution is -2.37. The summed E-state index contributed by atoms with van der Waals surface area (Å²) >= 11 is 0. The van der Waals surface area contributed by atoms with E-state index < -0.39 is 12.0 Å². The van der Waals surface area contributed by atoms with Crippen molar-refractivity contribution in [1.29, 1.82) is 0 Å². The molecule has 3 heteroatoms. The fourth-order valence-electron chi connectivity index (χ4n) is 1.01. The van der Waals surface area contributed by atoms with Gasteiger partial charge in [-0.25, -0.2) is 0 Å². The lowest BCUT2D eigenvalue weighted by Gasteiger charge is -2.14. The van der Waals surface area contributed by atoms with Gasteiger partial charge in [0.1, 0.15) is 6.04 Å². The van der Waals surface area contributed by atoms with Crippen LogP contribution in [0.4, 0.5) is 0 Å². The number of nitrogens with one attached hydrogen (secondary N) is 1. The van der Waals surface area contributed by atoms with E-state index in [1.165, 1.54) is 0 Å². The molecule has 0 spiro atoms. The minimum Gasteiger partial charge on any atom is -0.480 e. The first-order valence-electron chi connectivity index (χ1n) is 4.43. The minimum absolute atomic E-state index is 0.378. The summed E-state index contributed by atoms with van der Waals surface area (Å²) < 4.78 is 0. The molecule has 0 aromatic heterocycles. The van der Waals surface area contributed by atoms with E-state index in [9.17, 15) is 4.79 Å².